The normalized spacial score (nSPS) is 13.1. The lowest BCUT2D eigenvalue weighted by molar-refractivity contribution is 0.172. The maximum absolute atomic E-state index is 13.0. The summed E-state index contributed by atoms with van der Waals surface area (Å²) in [6, 6.07) is 4.50. The molecule has 0 spiro atoms. The highest BCUT2D eigenvalue weighted by Gasteiger charge is 2.11. The van der Waals surface area contributed by atoms with E-state index in [2.05, 4.69) is 19.2 Å². The van der Waals surface area contributed by atoms with Gasteiger partial charge in [0, 0.05) is 6.54 Å². The van der Waals surface area contributed by atoms with Crippen LogP contribution in [0.2, 0.25) is 0 Å². The summed E-state index contributed by atoms with van der Waals surface area (Å²) in [6.45, 7) is 7.40. The van der Waals surface area contributed by atoms with Gasteiger partial charge in [-0.1, -0.05) is 19.9 Å². The zero-order valence-corrected chi connectivity index (χ0v) is 10.1. The van der Waals surface area contributed by atoms with E-state index in [4.69, 9.17) is 0 Å². The van der Waals surface area contributed by atoms with Gasteiger partial charge in [-0.2, -0.15) is 0 Å². The average Bonchev–Trinajstić information content (AvgIpc) is 2.21. The van der Waals surface area contributed by atoms with Crippen molar-refractivity contribution >= 4 is 0 Å². The Kier molecular flexibility index (Phi) is 4.90. The van der Waals surface area contributed by atoms with E-state index >= 15 is 0 Å². The second-order valence-electron chi connectivity index (χ2n) is 4.57. The maximum Gasteiger partial charge on any atom is 0.123 e. The topological polar surface area (TPSA) is 32.3 Å². The second kappa shape index (κ2) is 5.97. The SMILES string of the molecule is Cc1ccc(F)cc1C(O)CNCC(C)C. The van der Waals surface area contributed by atoms with Crippen LogP contribution in [0, 0.1) is 18.7 Å². The van der Waals surface area contributed by atoms with Gasteiger partial charge in [-0.05, 0) is 42.6 Å². The van der Waals surface area contributed by atoms with Crippen LogP contribution in [0.1, 0.15) is 31.1 Å². The zero-order valence-electron chi connectivity index (χ0n) is 10.1. The highest BCUT2D eigenvalue weighted by atomic mass is 19.1. The first-order valence-electron chi connectivity index (χ1n) is 5.65. The van der Waals surface area contributed by atoms with Gasteiger partial charge < -0.3 is 10.4 Å². The fourth-order valence-corrected chi connectivity index (χ4v) is 1.59. The van der Waals surface area contributed by atoms with Crippen LogP contribution in [-0.4, -0.2) is 18.2 Å². The summed E-state index contributed by atoms with van der Waals surface area (Å²) in [5, 5.41) is 13.1. The summed E-state index contributed by atoms with van der Waals surface area (Å²) in [5.74, 6) is 0.240. The van der Waals surface area contributed by atoms with E-state index in [1.165, 1.54) is 12.1 Å². The number of benzene rings is 1. The van der Waals surface area contributed by atoms with E-state index in [9.17, 15) is 9.50 Å². The van der Waals surface area contributed by atoms with Gasteiger partial charge >= 0.3 is 0 Å². The third-order valence-electron chi connectivity index (χ3n) is 2.49. The first kappa shape index (κ1) is 13.1. The van der Waals surface area contributed by atoms with Gasteiger partial charge in [0.15, 0.2) is 0 Å². The van der Waals surface area contributed by atoms with Gasteiger partial charge in [-0.15, -0.1) is 0 Å². The summed E-state index contributed by atoms with van der Waals surface area (Å²) in [7, 11) is 0. The molecule has 1 aromatic carbocycles. The predicted molar refractivity (Wildman–Crippen MR) is 63.8 cm³/mol. The van der Waals surface area contributed by atoms with Crippen molar-refractivity contribution in [3.8, 4) is 0 Å². The van der Waals surface area contributed by atoms with Crippen LogP contribution in [-0.2, 0) is 0 Å². The Morgan fingerprint density at radius 2 is 2.00 bits per heavy atom. The first-order chi connectivity index (χ1) is 7.50. The Morgan fingerprint density at radius 3 is 2.62 bits per heavy atom. The first-order valence-corrected chi connectivity index (χ1v) is 5.65. The largest absolute Gasteiger partial charge is 0.387 e. The van der Waals surface area contributed by atoms with E-state index in [1.54, 1.807) is 6.07 Å². The third-order valence-corrected chi connectivity index (χ3v) is 2.49. The molecule has 1 unspecified atom stereocenters. The van der Waals surface area contributed by atoms with Gasteiger partial charge in [0.25, 0.3) is 0 Å². The molecule has 0 fully saturated rings. The predicted octanol–water partition coefficient (Wildman–Crippen LogP) is 2.41. The van der Waals surface area contributed by atoms with Crippen molar-refractivity contribution < 1.29 is 9.50 Å². The van der Waals surface area contributed by atoms with Gasteiger partial charge in [-0.3, -0.25) is 0 Å². The molecule has 3 heteroatoms. The Balaban J connectivity index is 2.58. The number of hydrogen-bond acceptors (Lipinski definition) is 2. The van der Waals surface area contributed by atoms with Crippen LogP contribution in [0.15, 0.2) is 18.2 Å². The number of aryl methyl sites for hydroxylation is 1. The molecule has 1 atom stereocenters. The van der Waals surface area contributed by atoms with E-state index in [0.717, 1.165) is 12.1 Å². The van der Waals surface area contributed by atoms with Crippen molar-refractivity contribution in [2.45, 2.75) is 26.9 Å². The molecule has 2 nitrogen and oxygen atoms in total. The van der Waals surface area contributed by atoms with Gasteiger partial charge in [0.1, 0.15) is 5.82 Å². The summed E-state index contributed by atoms with van der Waals surface area (Å²) < 4.78 is 13.0. The molecule has 0 aliphatic carbocycles. The molecule has 0 aliphatic rings. The number of hydrogen-bond donors (Lipinski definition) is 2. The molecule has 0 saturated heterocycles. The monoisotopic (exact) mass is 225 g/mol. The van der Waals surface area contributed by atoms with E-state index in [-0.39, 0.29) is 5.82 Å². The fraction of sp³-hybridized carbons (Fsp3) is 0.538. The van der Waals surface area contributed by atoms with Crippen molar-refractivity contribution in [3.05, 3.63) is 35.1 Å². The van der Waals surface area contributed by atoms with Crippen LogP contribution < -0.4 is 5.32 Å². The molecule has 1 rings (SSSR count). The van der Waals surface area contributed by atoms with Gasteiger partial charge in [0.2, 0.25) is 0 Å². The Labute approximate surface area is 96.5 Å². The van der Waals surface area contributed by atoms with E-state index < -0.39 is 6.10 Å². The number of rotatable bonds is 5. The van der Waals surface area contributed by atoms with Crippen molar-refractivity contribution in [1.82, 2.24) is 5.32 Å². The molecule has 2 N–H and O–H groups in total. The minimum absolute atomic E-state index is 0.302. The van der Waals surface area contributed by atoms with Crippen molar-refractivity contribution in [1.29, 1.82) is 0 Å². The van der Waals surface area contributed by atoms with E-state index in [0.29, 0.717) is 18.0 Å². The molecule has 0 radical (unpaired) electrons. The molecule has 0 saturated carbocycles. The average molecular weight is 225 g/mol. The van der Waals surface area contributed by atoms with Crippen LogP contribution in [0.3, 0.4) is 0 Å². The number of aliphatic hydroxyl groups excluding tert-OH is 1. The molecule has 0 bridgehead atoms. The smallest absolute Gasteiger partial charge is 0.123 e. The zero-order chi connectivity index (χ0) is 12.1. The highest BCUT2D eigenvalue weighted by Crippen LogP contribution is 2.18. The minimum atomic E-state index is -0.644. The van der Waals surface area contributed by atoms with E-state index in [1.807, 2.05) is 6.92 Å². The van der Waals surface area contributed by atoms with Crippen molar-refractivity contribution in [2.24, 2.45) is 5.92 Å². The summed E-state index contributed by atoms with van der Waals surface area (Å²) in [4.78, 5) is 0. The highest BCUT2D eigenvalue weighted by molar-refractivity contribution is 5.28. The molecular formula is C13H20FNO. The number of halogens is 1. The van der Waals surface area contributed by atoms with Gasteiger partial charge in [0.05, 0.1) is 6.10 Å². The third kappa shape index (κ3) is 3.91. The molecule has 0 aliphatic heterocycles. The maximum atomic E-state index is 13.0. The van der Waals surface area contributed by atoms with Crippen LogP contribution in [0.4, 0.5) is 4.39 Å². The lowest BCUT2D eigenvalue weighted by Gasteiger charge is -2.15. The molecule has 0 aromatic heterocycles. The minimum Gasteiger partial charge on any atom is -0.387 e. The van der Waals surface area contributed by atoms with Crippen LogP contribution in [0.25, 0.3) is 0 Å². The molecule has 1 aromatic rings. The Hall–Kier alpha value is -0.930. The lowest BCUT2D eigenvalue weighted by Crippen LogP contribution is -2.25. The Bertz CT molecular complexity index is 339. The van der Waals surface area contributed by atoms with Crippen LogP contribution >= 0.6 is 0 Å². The molecular weight excluding hydrogens is 205 g/mol. The summed E-state index contributed by atoms with van der Waals surface area (Å²) in [6.07, 6.45) is -0.644. The molecule has 0 amide bonds. The molecule has 16 heavy (non-hydrogen) atoms. The van der Waals surface area contributed by atoms with Crippen molar-refractivity contribution in [2.75, 3.05) is 13.1 Å². The summed E-state index contributed by atoms with van der Waals surface area (Å²) >= 11 is 0. The van der Waals surface area contributed by atoms with Crippen LogP contribution in [0.5, 0.6) is 0 Å². The standard InChI is InChI=1S/C13H20FNO/c1-9(2)7-15-8-13(16)12-6-11(14)5-4-10(12)3/h4-6,9,13,15-16H,7-8H2,1-3H3. The van der Waals surface area contributed by atoms with Gasteiger partial charge in [-0.25, -0.2) is 4.39 Å². The Morgan fingerprint density at radius 1 is 1.31 bits per heavy atom. The lowest BCUT2D eigenvalue weighted by atomic mass is 10.0. The number of nitrogens with one attached hydrogen (secondary N) is 1. The molecule has 90 valence electrons. The molecule has 0 heterocycles. The summed E-state index contributed by atoms with van der Waals surface area (Å²) in [5.41, 5.74) is 1.58. The quantitative estimate of drug-likeness (QED) is 0.806. The second-order valence-corrected chi connectivity index (χ2v) is 4.57. The fourth-order valence-electron chi connectivity index (χ4n) is 1.59. The number of aliphatic hydroxyl groups is 1. The van der Waals surface area contributed by atoms with Crippen molar-refractivity contribution in [3.63, 3.8) is 0 Å².